The van der Waals surface area contributed by atoms with Crippen LogP contribution in [0, 0.1) is 5.41 Å². The van der Waals surface area contributed by atoms with Crippen LogP contribution < -0.4 is 10.1 Å². The van der Waals surface area contributed by atoms with Crippen molar-refractivity contribution in [2.75, 3.05) is 13.7 Å². The van der Waals surface area contributed by atoms with Crippen LogP contribution in [0.5, 0.6) is 11.5 Å². The highest BCUT2D eigenvalue weighted by atomic mass is 16.5. The van der Waals surface area contributed by atoms with Gasteiger partial charge in [0.05, 0.1) is 18.1 Å². The Labute approximate surface area is 123 Å². The fourth-order valence-corrected chi connectivity index (χ4v) is 2.05. The molecule has 1 aromatic carbocycles. The number of carboxylic acids is 1. The van der Waals surface area contributed by atoms with Gasteiger partial charge in [-0.3, -0.25) is 9.59 Å². The van der Waals surface area contributed by atoms with E-state index in [4.69, 9.17) is 4.74 Å². The monoisotopic (exact) mass is 295 g/mol. The molecule has 0 aromatic heterocycles. The molecule has 0 bridgehead atoms. The van der Waals surface area contributed by atoms with E-state index in [-0.39, 0.29) is 17.9 Å². The van der Waals surface area contributed by atoms with Crippen molar-refractivity contribution >= 4 is 11.9 Å². The minimum absolute atomic E-state index is 0.00478. The highest BCUT2D eigenvalue weighted by Crippen LogP contribution is 2.27. The number of aromatic hydroxyl groups is 1. The number of aliphatic carboxylic acids is 1. The predicted octanol–water partition coefficient (Wildman–Crippen LogP) is 2.02. The van der Waals surface area contributed by atoms with Crippen molar-refractivity contribution in [3.63, 3.8) is 0 Å². The summed E-state index contributed by atoms with van der Waals surface area (Å²) in [7, 11) is 1.46. The first-order valence-electron chi connectivity index (χ1n) is 6.78. The summed E-state index contributed by atoms with van der Waals surface area (Å²) in [6.45, 7) is 3.55. The standard InChI is InChI=1S/C15H21NO5/c1-4-15(5-2,14(19)20)9-16-13(18)11-8-10(21-3)6-7-12(11)17/h6-8,17H,4-5,9H2,1-3H3,(H,16,18)(H,19,20). The maximum Gasteiger partial charge on any atom is 0.311 e. The minimum Gasteiger partial charge on any atom is -0.507 e. The third-order valence-electron chi connectivity index (χ3n) is 3.84. The van der Waals surface area contributed by atoms with Gasteiger partial charge in [-0.05, 0) is 31.0 Å². The summed E-state index contributed by atoms with van der Waals surface area (Å²) < 4.78 is 5.00. The number of phenols is 1. The molecule has 0 heterocycles. The highest BCUT2D eigenvalue weighted by Gasteiger charge is 2.35. The molecule has 0 atom stereocenters. The maximum absolute atomic E-state index is 12.1. The number of carbonyl (C=O) groups excluding carboxylic acids is 1. The first kappa shape index (κ1) is 16.8. The third kappa shape index (κ3) is 3.65. The van der Waals surface area contributed by atoms with Gasteiger partial charge in [-0.25, -0.2) is 0 Å². The second kappa shape index (κ2) is 6.97. The molecule has 0 aliphatic heterocycles. The smallest absolute Gasteiger partial charge is 0.311 e. The van der Waals surface area contributed by atoms with E-state index in [1.165, 1.54) is 25.3 Å². The molecule has 1 rings (SSSR count). The Morgan fingerprint density at radius 2 is 1.90 bits per heavy atom. The van der Waals surface area contributed by atoms with Crippen LogP contribution in [0.4, 0.5) is 0 Å². The molecule has 0 fully saturated rings. The van der Waals surface area contributed by atoms with E-state index in [1.807, 2.05) is 0 Å². The van der Waals surface area contributed by atoms with E-state index < -0.39 is 17.3 Å². The van der Waals surface area contributed by atoms with Gasteiger partial charge in [-0.1, -0.05) is 13.8 Å². The first-order valence-corrected chi connectivity index (χ1v) is 6.78. The average Bonchev–Trinajstić information content (AvgIpc) is 2.48. The Hall–Kier alpha value is -2.24. The molecule has 0 spiro atoms. The fourth-order valence-electron chi connectivity index (χ4n) is 2.05. The molecule has 6 heteroatoms. The number of carboxylic acid groups (broad SMARTS) is 1. The lowest BCUT2D eigenvalue weighted by Gasteiger charge is -2.26. The van der Waals surface area contributed by atoms with Crippen molar-refractivity contribution in [2.45, 2.75) is 26.7 Å². The molecule has 0 aliphatic carbocycles. The normalized spacial score (nSPS) is 11.0. The predicted molar refractivity (Wildman–Crippen MR) is 77.6 cm³/mol. The Morgan fingerprint density at radius 1 is 1.29 bits per heavy atom. The van der Waals surface area contributed by atoms with Crippen molar-refractivity contribution in [3.05, 3.63) is 23.8 Å². The quantitative estimate of drug-likeness (QED) is 0.715. The molecule has 6 nitrogen and oxygen atoms in total. The van der Waals surface area contributed by atoms with Crippen LogP contribution in [0.25, 0.3) is 0 Å². The molecule has 116 valence electrons. The van der Waals surface area contributed by atoms with Gasteiger partial charge < -0.3 is 20.3 Å². The van der Waals surface area contributed by atoms with Crippen LogP contribution in [-0.2, 0) is 4.79 Å². The van der Waals surface area contributed by atoms with E-state index in [0.29, 0.717) is 18.6 Å². The number of phenolic OH excluding ortho intramolecular Hbond substituents is 1. The van der Waals surface area contributed by atoms with Gasteiger partial charge in [-0.15, -0.1) is 0 Å². The molecular formula is C15H21NO5. The number of amides is 1. The highest BCUT2D eigenvalue weighted by molar-refractivity contribution is 5.97. The summed E-state index contributed by atoms with van der Waals surface area (Å²) in [5.74, 6) is -1.21. The zero-order chi connectivity index (χ0) is 16.0. The van der Waals surface area contributed by atoms with E-state index in [1.54, 1.807) is 13.8 Å². The molecule has 1 aromatic rings. The van der Waals surface area contributed by atoms with Gasteiger partial charge in [0.25, 0.3) is 5.91 Å². The summed E-state index contributed by atoms with van der Waals surface area (Å²) in [5.41, 5.74) is -0.940. The van der Waals surface area contributed by atoms with Gasteiger partial charge in [0.1, 0.15) is 11.5 Å². The zero-order valence-electron chi connectivity index (χ0n) is 12.5. The van der Waals surface area contributed by atoms with E-state index >= 15 is 0 Å². The van der Waals surface area contributed by atoms with Crippen molar-refractivity contribution < 1.29 is 24.5 Å². The van der Waals surface area contributed by atoms with Gasteiger partial charge in [0.15, 0.2) is 0 Å². The maximum atomic E-state index is 12.1. The molecular weight excluding hydrogens is 274 g/mol. The lowest BCUT2D eigenvalue weighted by Crippen LogP contribution is -2.42. The van der Waals surface area contributed by atoms with Crippen LogP contribution in [0.2, 0.25) is 0 Å². The molecule has 0 unspecified atom stereocenters. The van der Waals surface area contributed by atoms with Crippen LogP contribution in [0.15, 0.2) is 18.2 Å². The van der Waals surface area contributed by atoms with Crippen LogP contribution in [0.1, 0.15) is 37.0 Å². The van der Waals surface area contributed by atoms with Crippen LogP contribution >= 0.6 is 0 Å². The number of rotatable bonds is 7. The molecule has 21 heavy (non-hydrogen) atoms. The molecule has 0 saturated heterocycles. The van der Waals surface area contributed by atoms with Gasteiger partial charge >= 0.3 is 5.97 Å². The van der Waals surface area contributed by atoms with Crippen molar-refractivity contribution in [3.8, 4) is 11.5 Å². The summed E-state index contributed by atoms with van der Waals surface area (Å²) in [5, 5.41) is 21.6. The fraction of sp³-hybridized carbons (Fsp3) is 0.467. The Kier molecular flexibility index (Phi) is 5.58. The Morgan fingerprint density at radius 3 is 2.38 bits per heavy atom. The number of hydrogen-bond acceptors (Lipinski definition) is 4. The molecule has 0 aliphatic rings. The second-order valence-electron chi connectivity index (χ2n) is 4.86. The van der Waals surface area contributed by atoms with Crippen LogP contribution in [-0.4, -0.2) is 35.7 Å². The number of nitrogens with one attached hydrogen (secondary N) is 1. The second-order valence-corrected chi connectivity index (χ2v) is 4.86. The Balaban J connectivity index is 2.89. The van der Waals surface area contributed by atoms with Crippen LogP contribution in [0.3, 0.4) is 0 Å². The molecule has 0 saturated carbocycles. The van der Waals surface area contributed by atoms with Crippen molar-refractivity contribution in [2.24, 2.45) is 5.41 Å². The van der Waals surface area contributed by atoms with Gasteiger partial charge in [-0.2, -0.15) is 0 Å². The lowest BCUT2D eigenvalue weighted by molar-refractivity contribution is -0.149. The SMILES string of the molecule is CCC(CC)(CNC(=O)c1cc(OC)ccc1O)C(=O)O. The number of methoxy groups -OCH3 is 1. The number of ether oxygens (including phenoxy) is 1. The molecule has 0 radical (unpaired) electrons. The largest absolute Gasteiger partial charge is 0.507 e. The zero-order valence-corrected chi connectivity index (χ0v) is 12.5. The summed E-state index contributed by atoms with van der Waals surface area (Å²) in [6.07, 6.45) is 0.812. The topological polar surface area (TPSA) is 95.9 Å². The molecule has 1 amide bonds. The van der Waals surface area contributed by atoms with Gasteiger partial charge in [0, 0.05) is 6.54 Å². The minimum atomic E-state index is -0.996. The summed E-state index contributed by atoms with van der Waals surface area (Å²) >= 11 is 0. The van der Waals surface area contributed by atoms with E-state index in [0.717, 1.165) is 0 Å². The van der Waals surface area contributed by atoms with Crippen molar-refractivity contribution in [1.29, 1.82) is 0 Å². The van der Waals surface area contributed by atoms with E-state index in [2.05, 4.69) is 5.32 Å². The van der Waals surface area contributed by atoms with Crippen molar-refractivity contribution in [1.82, 2.24) is 5.32 Å². The lowest BCUT2D eigenvalue weighted by atomic mass is 9.82. The molecule has 3 N–H and O–H groups in total. The Bertz CT molecular complexity index is 523. The number of hydrogen-bond donors (Lipinski definition) is 3. The van der Waals surface area contributed by atoms with Gasteiger partial charge in [0.2, 0.25) is 0 Å². The average molecular weight is 295 g/mol. The summed E-state index contributed by atoms with van der Waals surface area (Å²) in [6, 6.07) is 4.30. The third-order valence-corrected chi connectivity index (χ3v) is 3.84. The first-order chi connectivity index (χ1) is 9.90. The summed E-state index contributed by atoms with van der Waals surface area (Å²) in [4.78, 5) is 23.5. The van der Waals surface area contributed by atoms with E-state index in [9.17, 15) is 19.8 Å². The number of benzene rings is 1. The number of carbonyl (C=O) groups is 2.